The molecule has 3 N–H and O–H groups in total. The van der Waals surface area contributed by atoms with Crippen molar-refractivity contribution in [3.05, 3.63) is 34.6 Å². The van der Waals surface area contributed by atoms with E-state index in [4.69, 9.17) is 5.84 Å². The maximum absolute atomic E-state index is 13.6. The first kappa shape index (κ1) is 14.8. The van der Waals surface area contributed by atoms with Gasteiger partial charge in [0.25, 0.3) is 0 Å². The molecule has 0 spiro atoms. The fraction of sp³-hybridized carbons (Fsp3) is 0.455. The summed E-state index contributed by atoms with van der Waals surface area (Å²) in [7, 11) is 0. The summed E-state index contributed by atoms with van der Waals surface area (Å²) in [6, 6.07) is -1.22. The number of nitrogens with one attached hydrogen (secondary N) is 1. The Balaban J connectivity index is 3.59. The lowest BCUT2D eigenvalue weighted by molar-refractivity contribution is 0.251. The smallest absolute Gasteiger partial charge is 0.200 e. The Morgan fingerprint density at radius 1 is 0.833 bits per heavy atom. The molecule has 0 fully saturated rings. The second-order valence-corrected chi connectivity index (χ2v) is 4.95. The summed E-state index contributed by atoms with van der Waals surface area (Å²) < 4.78 is 66.1. The molecule has 0 saturated carbocycles. The molecule has 1 atom stereocenters. The Morgan fingerprint density at radius 3 is 1.44 bits per heavy atom. The van der Waals surface area contributed by atoms with E-state index in [2.05, 4.69) is 5.43 Å². The van der Waals surface area contributed by atoms with E-state index in [0.717, 1.165) is 0 Å². The zero-order valence-corrected chi connectivity index (χ0v) is 10.0. The Kier molecular flexibility index (Phi) is 3.97. The zero-order chi connectivity index (χ0) is 14.2. The molecule has 0 aliphatic heterocycles. The van der Waals surface area contributed by atoms with Crippen molar-refractivity contribution in [2.24, 2.45) is 11.3 Å². The molecule has 0 aliphatic carbocycles. The normalized spacial score (nSPS) is 13.8. The summed E-state index contributed by atoms with van der Waals surface area (Å²) in [6.07, 6.45) is 0. The number of hydrazine groups is 1. The minimum Gasteiger partial charge on any atom is -0.271 e. The van der Waals surface area contributed by atoms with Crippen LogP contribution in [0.3, 0.4) is 0 Å². The topological polar surface area (TPSA) is 38.0 Å². The monoisotopic (exact) mass is 268 g/mol. The Labute approximate surface area is 101 Å². The molecule has 0 heterocycles. The van der Waals surface area contributed by atoms with Crippen LogP contribution in [0.15, 0.2) is 0 Å². The quantitative estimate of drug-likeness (QED) is 0.284. The predicted molar refractivity (Wildman–Crippen MR) is 55.8 cm³/mol. The molecule has 7 heteroatoms. The first-order valence-electron chi connectivity index (χ1n) is 5.10. The van der Waals surface area contributed by atoms with Crippen molar-refractivity contribution in [2.75, 3.05) is 0 Å². The SMILES string of the molecule is CC(C)(C)C(NN)c1c(F)c(F)c(F)c(F)c1F. The van der Waals surface area contributed by atoms with Crippen molar-refractivity contribution >= 4 is 0 Å². The summed E-state index contributed by atoms with van der Waals surface area (Å²) in [5.74, 6) is -4.74. The summed E-state index contributed by atoms with van der Waals surface area (Å²) in [5, 5.41) is 0. The Bertz CT molecular complexity index is 438. The molecule has 1 rings (SSSR count). The minimum absolute atomic E-state index is 0.840. The minimum atomic E-state index is -2.18. The molecule has 0 saturated heterocycles. The number of halogens is 5. The van der Waals surface area contributed by atoms with Crippen LogP contribution in [0.25, 0.3) is 0 Å². The van der Waals surface area contributed by atoms with Gasteiger partial charge in [0.05, 0.1) is 6.04 Å². The largest absolute Gasteiger partial charge is 0.271 e. The third-order valence-corrected chi connectivity index (χ3v) is 2.57. The zero-order valence-electron chi connectivity index (χ0n) is 10.0. The van der Waals surface area contributed by atoms with Crippen molar-refractivity contribution < 1.29 is 22.0 Å². The highest BCUT2D eigenvalue weighted by molar-refractivity contribution is 5.28. The highest BCUT2D eigenvalue weighted by Crippen LogP contribution is 2.37. The van der Waals surface area contributed by atoms with E-state index in [1.165, 1.54) is 0 Å². The average molecular weight is 268 g/mol. The molecule has 2 nitrogen and oxygen atoms in total. The molecule has 0 amide bonds. The van der Waals surface area contributed by atoms with Gasteiger partial charge in [-0.1, -0.05) is 20.8 Å². The number of nitrogens with two attached hydrogens (primary N) is 1. The van der Waals surface area contributed by atoms with Gasteiger partial charge in [0, 0.05) is 5.56 Å². The van der Waals surface area contributed by atoms with E-state index >= 15 is 0 Å². The van der Waals surface area contributed by atoms with Crippen molar-refractivity contribution in [3.8, 4) is 0 Å². The highest BCUT2D eigenvalue weighted by atomic mass is 19.2. The fourth-order valence-electron chi connectivity index (χ4n) is 1.64. The molecule has 1 aromatic carbocycles. The molecular formula is C11H13F5N2. The molecule has 0 radical (unpaired) electrons. The lowest BCUT2D eigenvalue weighted by Crippen LogP contribution is -2.38. The van der Waals surface area contributed by atoms with Gasteiger partial charge in [0.15, 0.2) is 23.3 Å². The van der Waals surface area contributed by atoms with Crippen LogP contribution in [0.1, 0.15) is 32.4 Å². The van der Waals surface area contributed by atoms with Gasteiger partial charge >= 0.3 is 0 Å². The lowest BCUT2D eigenvalue weighted by atomic mass is 9.82. The van der Waals surface area contributed by atoms with Gasteiger partial charge in [-0.05, 0) is 5.41 Å². The van der Waals surface area contributed by atoms with Crippen LogP contribution in [-0.2, 0) is 0 Å². The van der Waals surface area contributed by atoms with E-state index in [1.807, 2.05) is 0 Å². The van der Waals surface area contributed by atoms with E-state index in [-0.39, 0.29) is 0 Å². The molecule has 0 bridgehead atoms. The number of hydrogen-bond acceptors (Lipinski definition) is 2. The summed E-state index contributed by atoms with van der Waals surface area (Å²) in [5.41, 5.74) is 0.281. The van der Waals surface area contributed by atoms with Gasteiger partial charge in [0.1, 0.15) is 0 Å². The third-order valence-electron chi connectivity index (χ3n) is 2.57. The average Bonchev–Trinajstić information content (AvgIpc) is 2.27. The first-order chi connectivity index (χ1) is 8.12. The van der Waals surface area contributed by atoms with Crippen LogP contribution in [0.5, 0.6) is 0 Å². The lowest BCUT2D eigenvalue weighted by Gasteiger charge is -2.31. The summed E-state index contributed by atoms with van der Waals surface area (Å²) in [6.45, 7) is 4.65. The van der Waals surface area contributed by atoms with Gasteiger partial charge in [-0.25, -0.2) is 22.0 Å². The van der Waals surface area contributed by atoms with Gasteiger partial charge in [-0.3, -0.25) is 11.3 Å². The van der Waals surface area contributed by atoms with Crippen LogP contribution in [0.4, 0.5) is 22.0 Å². The van der Waals surface area contributed by atoms with E-state index in [0.29, 0.717) is 0 Å². The van der Waals surface area contributed by atoms with Crippen molar-refractivity contribution in [1.29, 1.82) is 0 Å². The number of benzene rings is 1. The second-order valence-electron chi connectivity index (χ2n) is 4.95. The van der Waals surface area contributed by atoms with Gasteiger partial charge in [-0.2, -0.15) is 0 Å². The van der Waals surface area contributed by atoms with Crippen LogP contribution in [0, 0.1) is 34.5 Å². The van der Waals surface area contributed by atoms with Crippen molar-refractivity contribution in [2.45, 2.75) is 26.8 Å². The number of rotatable bonds is 2. The molecule has 0 aromatic heterocycles. The van der Waals surface area contributed by atoms with Crippen LogP contribution in [0.2, 0.25) is 0 Å². The second kappa shape index (κ2) is 4.81. The van der Waals surface area contributed by atoms with E-state index in [1.54, 1.807) is 20.8 Å². The maximum atomic E-state index is 13.6. The molecule has 0 aliphatic rings. The Hall–Kier alpha value is -1.21. The maximum Gasteiger partial charge on any atom is 0.200 e. The van der Waals surface area contributed by atoms with E-state index in [9.17, 15) is 22.0 Å². The summed E-state index contributed by atoms with van der Waals surface area (Å²) in [4.78, 5) is 0. The number of hydrogen-bond donors (Lipinski definition) is 2. The standard InChI is InChI=1S/C11H13F5N2/c1-11(2,3)10(18-17)4-5(12)7(14)9(16)8(15)6(4)13/h10,18H,17H2,1-3H3. The Morgan fingerprint density at radius 2 is 1.17 bits per heavy atom. The molecule has 1 aromatic rings. The van der Waals surface area contributed by atoms with Crippen LogP contribution >= 0.6 is 0 Å². The van der Waals surface area contributed by atoms with Crippen LogP contribution < -0.4 is 11.3 Å². The van der Waals surface area contributed by atoms with Gasteiger partial charge in [0.2, 0.25) is 5.82 Å². The molecule has 1 unspecified atom stereocenters. The highest BCUT2D eigenvalue weighted by Gasteiger charge is 2.35. The van der Waals surface area contributed by atoms with Crippen molar-refractivity contribution in [1.82, 2.24) is 5.43 Å². The van der Waals surface area contributed by atoms with Crippen molar-refractivity contribution in [3.63, 3.8) is 0 Å². The van der Waals surface area contributed by atoms with E-state index < -0.39 is 46.1 Å². The first-order valence-corrected chi connectivity index (χ1v) is 5.10. The van der Waals surface area contributed by atoms with Crippen LogP contribution in [-0.4, -0.2) is 0 Å². The van der Waals surface area contributed by atoms with Gasteiger partial charge < -0.3 is 0 Å². The fourth-order valence-corrected chi connectivity index (χ4v) is 1.64. The molecular weight excluding hydrogens is 255 g/mol. The molecule has 102 valence electrons. The third kappa shape index (κ3) is 2.32. The summed E-state index contributed by atoms with van der Waals surface area (Å²) >= 11 is 0. The van der Waals surface area contributed by atoms with Gasteiger partial charge in [-0.15, -0.1) is 0 Å². The molecule has 18 heavy (non-hydrogen) atoms. The predicted octanol–water partition coefficient (Wildman–Crippen LogP) is 2.93.